The Kier molecular flexibility index (Phi) is 6.77. The molecule has 1 aromatic carbocycles. The van der Waals surface area contributed by atoms with Gasteiger partial charge in [-0.2, -0.15) is 0 Å². The molecular weight excluding hydrogens is 390 g/mol. The van der Waals surface area contributed by atoms with Gasteiger partial charge in [0.15, 0.2) is 0 Å². The number of aliphatic imine (C=N–C) groups is 1. The number of likely N-dealkylation sites (tertiary alicyclic amines) is 1. The predicted octanol–water partition coefficient (Wildman–Crippen LogP) is 0.836. The highest BCUT2D eigenvalue weighted by atomic mass is 16.1. The molecule has 0 bridgehead atoms. The number of carbonyl (C=O) groups excluding carboxylic acids is 1. The number of benzene rings is 1. The highest BCUT2D eigenvalue weighted by Crippen LogP contribution is 2.28. The third kappa shape index (κ3) is 5.37. The molecule has 0 aromatic heterocycles. The molecule has 8 nitrogen and oxygen atoms in total. The van der Waals surface area contributed by atoms with Crippen LogP contribution >= 0.6 is 0 Å². The second-order valence-corrected chi connectivity index (χ2v) is 8.87. The number of piperazine rings is 1. The topological polar surface area (TPSA) is 80.4 Å². The first-order valence-electron chi connectivity index (χ1n) is 11.3. The minimum absolute atomic E-state index is 0.0431. The van der Waals surface area contributed by atoms with Gasteiger partial charge in [-0.05, 0) is 44.6 Å². The Balaban J connectivity index is 1.35. The summed E-state index contributed by atoms with van der Waals surface area (Å²) in [5.74, 6) is 0.836. The van der Waals surface area contributed by atoms with Gasteiger partial charge in [0.1, 0.15) is 12.0 Å². The number of likely N-dealkylation sites (N-methyl/N-ethyl adjacent to an activating group) is 2. The number of rotatable bonds is 8. The number of fused-ring (bicyclic) bond motifs is 1. The lowest BCUT2D eigenvalue weighted by molar-refractivity contribution is -0.118. The molecule has 2 saturated heterocycles. The van der Waals surface area contributed by atoms with Crippen molar-refractivity contribution < 1.29 is 4.79 Å². The van der Waals surface area contributed by atoms with Crippen molar-refractivity contribution in [3.8, 4) is 0 Å². The molecule has 2 fully saturated rings. The van der Waals surface area contributed by atoms with Crippen molar-refractivity contribution in [1.29, 1.82) is 0 Å². The van der Waals surface area contributed by atoms with Crippen LogP contribution in [-0.2, 0) is 4.79 Å². The first-order valence-corrected chi connectivity index (χ1v) is 11.3. The van der Waals surface area contributed by atoms with Gasteiger partial charge in [-0.1, -0.05) is 12.1 Å². The molecule has 0 spiro atoms. The fraction of sp³-hybridized carbons (Fsp3) is 0.565. The van der Waals surface area contributed by atoms with Crippen molar-refractivity contribution in [2.75, 3.05) is 71.4 Å². The van der Waals surface area contributed by atoms with Crippen molar-refractivity contribution in [2.24, 2.45) is 10.7 Å². The Hall–Kier alpha value is -2.58. The summed E-state index contributed by atoms with van der Waals surface area (Å²) < 4.78 is 0. The van der Waals surface area contributed by atoms with Crippen LogP contribution < -0.4 is 16.0 Å². The lowest BCUT2D eigenvalue weighted by atomic mass is 10.1. The van der Waals surface area contributed by atoms with Crippen LogP contribution in [0.25, 0.3) is 0 Å². The summed E-state index contributed by atoms with van der Waals surface area (Å²) in [6.07, 6.45) is 4.10. The lowest BCUT2D eigenvalue weighted by Gasteiger charge is -2.34. The molecule has 31 heavy (non-hydrogen) atoms. The molecule has 0 saturated carbocycles. The van der Waals surface area contributed by atoms with Crippen molar-refractivity contribution >= 4 is 17.4 Å². The SMILES string of the molecule is CN1CCN(c2ccc(C3N=C4C(=CN3)CCN4CCCN(C)CC(N)=O)cc2)CC1. The highest BCUT2D eigenvalue weighted by Gasteiger charge is 2.28. The quantitative estimate of drug-likeness (QED) is 0.642. The summed E-state index contributed by atoms with van der Waals surface area (Å²) in [7, 11) is 4.12. The molecule has 0 radical (unpaired) electrons. The maximum Gasteiger partial charge on any atom is 0.231 e. The number of carbonyl (C=O) groups is 1. The zero-order valence-electron chi connectivity index (χ0n) is 18.8. The molecule has 3 aliphatic heterocycles. The van der Waals surface area contributed by atoms with Crippen LogP contribution in [0.15, 0.2) is 41.0 Å². The summed E-state index contributed by atoms with van der Waals surface area (Å²) in [5.41, 5.74) is 9.04. The fourth-order valence-electron chi connectivity index (χ4n) is 4.51. The molecule has 1 aromatic rings. The molecule has 8 heteroatoms. The maximum absolute atomic E-state index is 11.0. The van der Waals surface area contributed by atoms with E-state index in [1.54, 1.807) is 0 Å². The summed E-state index contributed by atoms with van der Waals surface area (Å²) in [6.45, 7) is 7.48. The number of anilines is 1. The average molecular weight is 426 g/mol. The van der Waals surface area contributed by atoms with Gasteiger partial charge in [-0.15, -0.1) is 0 Å². The zero-order chi connectivity index (χ0) is 21.8. The number of hydrogen-bond acceptors (Lipinski definition) is 7. The van der Waals surface area contributed by atoms with E-state index in [-0.39, 0.29) is 12.1 Å². The third-order valence-electron chi connectivity index (χ3n) is 6.38. The van der Waals surface area contributed by atoms with E-state index < -0.39 is 0 Å². The normalized spacial score (nSPS) is 21.6. The van der Waals surface area contributed by atoms with Gasteiger partial charge in [0, 0.05) is 63.3 Å². The summed E-state index contributed by atoms with van der Waals surface area (Å²) in [4.78, 5) is 25.3. The zero-order valence-corrected chi connectivity index (χ0v) is 18.8. The van der Waals surface area contributed by atoms with Crippen LogP contribution in [0.2, 0.25) is 0 Å². The molecule has 168 valence electrons. The molecule has 3 N–H and O–H groups in total. The minimum Gasteiger partial charge on any atom is -0.369 e. The molecule has 3 heterocycles. The van der Waals surface area contributed by atoms with E-state index in [0.717, 1.165) is 64.5 Å². The van der Waals surface area contributed by atoms with Crippen molar-refractivity contribution in [3.63, 3.8) is 0 Å². The smallest absolute Gasteiger partial charge is 0.231 e. The molecule has 1 unspecified atom stereocenters. The minimum atomic E-state index is -0.280. The predicted molar refractivity (Wildman–Crippen MR) is 125 cm³/mol. The van der Waals surface area contributed by atoms with Gasteiger partial charge in [0.2, 0.25) is 5.91 Å². The number of nitrogens with one attached hydrogen (secondary N) is 1. The van der Waals surface area contributed by atoms with E-state index in [4.69, 9.17) is 10.7 Å². The van der Waals surface area contributed by atoms with Gasteiger partial charge in [0.05, 0.1) is 6.54 Å². The Morgan fingerprint density at radius 3 is 2.65 bits per heavy atom. The Morgan fingerprint density at radius 1 is 1.19 bits per heavy atom. The lowest BCUT2D eigenvalue weighted by Crippen LogP contribution is -2.44. The first kappa shape index (κ1) is 21.6. The highest BCUT2D eigenvalue weighted by molar-refractivity contribution is 6.00. The molecule has 1 atom stereocenters. The molecule has 3 aliphatic rings. The standard InChI is InChI=1S/C23H35N7O/c1-27-12-14-29(15-13-27)20-6-4-18(5-7-20)22-25-16-19-8-11-30(23(19)26-22)10-3-9-28(2)17-21(24)31/h4-7,16,22,25H,3,8-15,17H2,1-2H3,(H2,24,31). The Morgan fingerprint density at radius 2 is 1.94 bits per heavy atom. The van der Waals surface area contributed by atoms with Crippen LogP contribution in [0.5, 0.6) is 0 Å². The average Bonchev–Trinajstić information content (AvgIpc) is 3.16. The van der Waals surface area contributed by atoms with E-state index in [1.807, 2.05) is 11.9 Å². The van der Waals surface area contributed by atoms with Crippen molar-refractivity contribution in [1.82, 2.24) is 20.0 Å². The molecule has 1 amide bonds. The van der Waals surface area contributed by atoms with Crippen LogP contribution in [0.3, 0.4) is 0 Å². The number of amidine groups is 1. The third-order valence-corrected chi connectivity index (χ3v) is 6.38. The Bertz CT molecular complexity index is 827. The van der Waals surface area contributed by atoms with Gasteiger partial charge in [-0.3, -0.25) is 9.69 Å². The summed E-state index contributed by atoms with van der Waals surface area (Å²) in [5, 5.41) is 3.47. The number of hydrogen-bond donors (Lipinski definition) is 2. The van der Waals surface area contributed by atoms with Crippen molar-refractivity contribution in [2.45, 2.75) is 19.0 Å². The fourth-order valence-corrected chi connectivity index (χ4v) is 4.51. The van der Waals surface area contributed by atoms with E-state index in [9.17, 15) is 4.79 Å². The van der Waals surface area contributed by atoms with Crippen molar-refractivity contribution in [3.05, 3.63) is 41.6 Å². The summed E-state index contributed by atoms with van der Waals surface area (Å²) >= 11 is 0. The van der Waals surface area contributed by atoms with E-state index >= 15 is 0 Å². The largest absolute Gasteiger partial charge is 0.369 e. The van der Waals surface area contributed by atoms with Crippen LogP contribution in [-0.4, -0.2) is 92.9 Å². The maximum atomic E-state index is 11.0. The number of amides is 1. The molecule has 0 aliphatic carbocycles. The van der Waals surface area contributed by atoms with E-state index in [1.165, 1.54) is 16.8 Å². The van der Waals surface area contributed by atoms with E-state index in [0.29, 0.717) is 6.54 Å². The number of nitrogens with two attached hydrogens (primary N) is 1. The second kappa shape index (κ2) is 9.70. The number of primary amides is 1. The second-order valence-electron chi connectivity index (χ2n) is 8.87. The van der Waals surface area contributed by atoms with Crippen LogP contribution in [0, 0.1) is 0 Å². The van der Waals surface area contributed by atoms with Gasteiger partial charge >= 0.3 is 0 Å². The van der Waals surface area contributed by atoms with Gasteiger partial charge in [0.25, 0.3) is 0 Å². The van der Waals surface area contributed by atoms with Gasteiger partial charge < -0.3 is 25.8 Å². The summed E-state index contributed by atoms with van der Waals surface area (Å²) in [6, 6.07) is 8.85. The monoisotopic (exact) mass is 425 g/mol. The van der Waals surface area contributed by atoms with E-state index in [2.05, 4.69) is 57.5 Å². The molecule has 4 rings (SSSR count). The van der Waals surface area contributed by atoms with Crippen LogP contribution in [0.4, 0.5) is 5.69 Å². The Labute approximate surface area is 185 Å². The van der Waals surface area contributed by atoms with Gasteiger partial charge in [-0.25, -0.2) is 4.99 Å². The first-order chi connectivity index (χ1) is 15.0. The van der Waals surface area contributed by atoms with Crippen LogP contribution in [0.1, 0.15) is 24.6 Å². The molecular formula is C23H35N7O. The number of nitrogens with zero attached hydrogens (tertiary/aromatic N) is 5.